The van der Waals surface area contributed by atoms with Crippen LogP contribution in [-0.2, 0) is 10.3 Å². The number of ether oxygens (including phenoxy) is 2. The summed E-state index contributed by atoms with van der Waals surface area (Å²) < 4.78 is 12.9. The maximum Gasteiger partial charge on any atom is 0.254 e. The van der Waals surface area contributed by atoms with Crippen molar-refractivity contribution in [3.8, 4) is 11.6 Å². The molecule has 1 fully saturated rings. The lowest BCUT2D eigenvalue weighted by molar-refractivity contribution is 0.0781. The van der Waals surface area contributed by atoms with Crippen molar-refractivity contribution in [1.82, 2.24) is 14.5 Å². The number of pyridine rings is 1. The third-order valence-electron chi connectivity index (χ3n) is 6.40. The zero-order valence-corrected chi connectivity index (χ0v) is 17.8. The minimum atomic E-state index is -0.327. The Labute approximate surface area is 181 Å². The molecule has 0 N–H and O–H groups in total. The number of carbonyl (C=O) groups is 1. The number of amides is 1. The zero-order chi connectivity index (χ0) is 21.4. The molecule has 4 heterocycles. The first kappa shape index (κ1) is 19.6. The van der Waals surface area contributed by atoms with Gasteiger partial charge in [0.15, 0.2) is 5.82 Å². The van der Waals surface area contributed by atoms with Gasteiger partial charge in [0.05, 0.1) is 25.1 Å². The van der Waals surface area contributed by atoms with Crippen LogP contribution in [0.2, 0.25) is 0 Å². The topological polar surface area (TPSA) is 59.8 Å². The molecule has 0 saturated carbocycles. The highest BCUT2D eigenvalue weighted by Crippen LogP contribution is 2.47. The van der Waals surface area contributed by atoms with Gasteiger partial charge in [-0.15, -0.1) is 0 Å². The van der Waals surface area contributed by atoms with Gasteiger partial charge in [-0.05, 0) is 48.9 Å². The summed E-state index contributed by atoms with van der Waals surface area (Å²) in [5.74, 6) is 1.63. The molecule has 7 nitrogen and oxygen atoms in total. The minimum Gasteiger partial charge on any atom is -0.497 e. The number of carbonyl (C=O) groups excluding carboxylic acids is 1. The zero-order valence-electron chi connectivity index (χ0n) is 17.8. The third kappa shape index (κ3) is 3.08. The quantitative estimate of drug-likeness (QED) is 0.637. The molecule has 1 saturated heterocycles. The molecule has 31 heavy (non-hydrogen) atoms. The Hall–Kier alpha value is -3.32. The van der Waals surface area contributed by atoms with Crippen LogP contribution < -0.4 is 9.64 Å². The lowest BCUT2D eigenvalue weighted by Gasteiger charge is -2.47. The van der Waals surface area contributed by atoms with Crippen LogP contribution in [0.15, 0.2) is 60.9 Å². The van der Waals surface area contributed by atoms with Crippen molar-refractivity contribution in [3.63, 3.8) is 0 Å². The van der Waals surface area contributed by atoms with Crippen LogP contribution in [0.25, 0.3) is 5.82 Å². The number of hydrogen-bond donors (Lipinski definition) is 0. The Morgan fingerprint density at radius 2 is 2.06 bits per heavy atom. The van der Waals surface area contributed by atoms with E-state index in [1.807, 2.05) is 35.4 Å². The molecule has 160 valence electrons. The Balaban J connectivity index is 1.54. The average molecular weight is 418 g/mol. The molecule has 1 amide bonds. The Bertz CT molecular complexity index is 1110. The number of nitrogens with zero attached hydrogens (tertiary/aromatic N) is 4. The van der Waals surface area contributed by atoms with Gasteiger partial charge in [0.25, 0.3) is 5.91 Å². The Morgan fingerprint density at radius 3 is 2.90 bits per heavy atom. The minimum absolute atomic E-state index is 0.0255. The molecule has 2 aliphatic heterocycles. The Morgan fingerprint density at radius 1 is 1.16 bits per heavy atom. The standard InChI is InChI=1S/C24H26N4O3/c1-30-15-14-28-20-8-4-11-25-22(20)27-12-5-9-21(27)24(28)10-13-26(17-24)23(29)18-6-3-7-19(16-18)31-2/h3-9,11-12,16H,10,13-15,17H2,1-2H3/t24-/m0/s1. The first-order valence-electron chi connectivity index (χ1n) is 10.5. The van der Waals surface area contributed by atoms with Crippen LogP contribution in [0.5, 0.6) is 5.75 Å². The molecule has 3 aromatic rings. The van der Waals surface area contributed by atoms with Crippen molar-refractivity contribution in [1.29, 1.82) is 0 Å². The highest BCUT2D eigenvalue weighted by atomic mass is 16.5. The second-order valence-electron chi connectivity index (χ2n) is 7.99. The summed E-state index contributed by atoms with van der Waals surface area (Å²) in [5, 5.41) is 0. The molecular formula is C24H26N4O3. The fraction of sp³-hybridized carbons (Fsp3) is 0.333. The van der Waals surface area contributed by atoms with Crippen LogP contribution in [-0.4, -0.2) is 60.8 Å². The average Bonchev–Trinajstić information content (AvgIpc) is 3.48. The van der Waals surface area contributed by atoms with Crippen LogP contribution in [0.4, 0.5) is 5.69 Å². The molecule has 5 rings (SSSR count). The van der Waals surface area contributed by atoms with Gasteiger partial charge < -0.3 is 23.8 Å². The number of rotatable bonds is 5. The normalized spacial score (nSPS) is 19.4. The van der Waals surface area contributed by atoms with Crippen molar-refractivity contribution in [3.05, 3.63) is 72.2 Å². The van der Waals surface area contributed by atoms with E-state index < -0.39 is 0 Å². The number of aromatic nitrogens is 2. The fourth-order valence-corrected chi connectivity index (χ4v) is 4.95. The summed E-state index contributed by atoms with van der Waals surface area (Å²) in [6.45, 7) is 2.60. The molecule has 0 bridgehead atoms. The summed E-state index contributed by atoms with van der Waals surface area (Å²) in [7, 11) is 3.33. The number of fused-ring (bicyclic) bond motifs is 4. The summed E-state index contributed by atoms with van der Waals surface area (Å²) >= 11 is 0. The van der Waals surface area contributed by atoms with Crippen molar-refractivity contribution < 1.29 is 14.3 Å². The summed E-state index contributed by atoms with van der Waals surface area (Å²) in [4.78, 5) is 22.4. The largest absolute Gasteiger partial charge is 0.497 e. The van der Waals surface area contributed by atoms with Gasteiger partial charge in [-0.25, -0.2) is 4.98 Å². The second kappa shape index (κ2) is 7.74. The summed E-state index contributed by atoms with van der Waals surface area (Å²) in [6, 6.07) is 15.6. The van der Waals surface area contributed by atoms with Crippen LogP contribution in [0.3, 0.4) is 0 Å². The van der Waals surface area contributed by atoms with Gasteiger partial charge in [-0.2, -0.15) is 0 Å². The first-order chi connectivity index (χ1) is 15.2. The van der Waals surface area contributed by atoms with E-state index in [1.54, 1.807) is 20.3 Å². The summed E-state index contributed by atoms with van der Waals surface area (Å²) in [5.41, 5.74) is 2.55. The van der Waals surface area contributed by atoms with E-state index >= 15 is 0 Å². The van der Waals surface area contributed by atoms with E-state index in [2.05, 4.69) is 38.8 Å². The lowest BCUT2D eigenvalue weighted by Crippen LogP contribution is -2.53. The van der Waals surface area contributed by atoms with Crippen LogP contribution in [0, 0.1) is 0 Å². The molecule has 1 aromatic carbocycles. The predicted molar refractivity (Wildman–Crippen MR) is 118 cm³/mol. The first-order valence-corrected chi connectivity index (χ1v) is 10.5. The molecule has 7 heteroatoms. The highest BCUT2D eigenvalue weighted by molar-refractivity contribution is 5.95. The number of hydrogen-bond acceptors (Lipinski definition) is 5. The lowest BCUT2D eigenvalue weighted by atomic mass is 9.89. The van der Waals surface area contributed by atoms with E-state index in [0.29, 0.717) is 31.0 Å². The molecule has 0 unspecified atom stereocenters. The molecule has 2 aromatic heterocycles. The maximum absolute atomic E-state index is 13.4. The third-order valence-corrected chi connectivity index (χ3v) is 6.40. The smallest absolute Gasteiger partial charge is 0.254 e. The Kier molecular flexibility index (Phi) is 4.90. The van der Waals surface area contributed by atoms with Crippen molar-refractivity contribution in [2.75, 3.05) is 45.4 Å². The SMILES string of the molecule is COCCN1c2cccnc2-n2cccc2[C@@]12CCN(C(=O)c1cccc(OC)c1)C2. The molecule has 1 spiro atoms. The van der Waals surface area contributed by atoms with Gasteiger partial charge >= 0.3 is 0 Å². The van der Waals surface area contributed by atoms with Gasteiger partial charge in [0.1, 0.15) is 11.3 Å². The number of likely N-dealkylation sites (tertiary alicyclic amines) is 1. The summed E-state index contributed by atoms with van der Waals surface area (Å²) in [6.07, 6.45) is 4.72. The van der Waals surface area contributed by atoms with E-state index in [9.17, 15) is 4.79 Å². The van der Waals surface area contributed by atoms with Gasteiger partial charge in [0, 0.05) is 44.7 Å². The predicted octanol–water partition coefficient (Wildman–Crippen LogP) is 3.09. The van der Waals surface area contributed by atoms with Crippen molar-refractivity contribution >= 4 is 11.6 Å². The van der Waals surface area contributed by atoms with E-state index in [1.165, 1.54) is 0 Å². The maximum atomic E-state index is 13.4. The molecule has 0 radical (unpaired) electrons. The van der Waals surface area contributed by atoms with Crippen molar-refractivity contribution in [2.45, 2.75) is 12.0 Å². The number of benzene rings is 1. The van der Waals surface area contributed by atoms with E-state index in [0.717, 1.165) is 30.2 Å². The number of anilines is 1. The molecule has 1 atom stereocenters. The van der Waals surface area contributed by atoms with Crippen molar-refractivity contribution in [2.24, 2.45) is 0 Å². The highest BCUT2D eigenvalue weighted by Gasteiger charge is 2.50. The van der Waals surface area contributed by atoms with Crippen LogP contribution in [0.1, 0.15) is 22.5 Å². The van der Waals surface area contributed by atoms with Gasteiger partial charge in [-0.1, -0.05) is 6.07 Å². The van der Waals surface area contributed by atoms with Crippen LogP contribution >= 0.6 is 0 Å². The molecule has 0 aliphatic carbocycles. The van der Waals surface area contributed by atoms with Gasteiger partial charge in [0.2, 0.25) is 0 Å². The van der Waals surface area contributed by atoms with Gasteiger partial charge in [-0.3, -0.25) is 4.79 Å². The fourth-order valence-electron chi connectivity index (χ4n) is 4.95. The molecular weight excluding hydrogens is 392 g/mol. The second-order valence-corrected chi connectivity index (χ2v) is 7.99. The number of methoxy groups -OCH3 is 2. The van der Waals surface area contributed by atoms with E-state index in [-0.39, 0.29) is 11.4 Å². The molecule has 2 aliphatic rings. The monoisotopic (exact) mass is 418 g/mol. The van der Waals surface area contributed by atoms with E-state index in [4.69, 9.17) is 9.47 Å².